The van der Waals surface area contributed by atoms with Crippen LogP contribution in [0.4, 0.5) is 11.6 Å². The molecule has 0 bridgehead atoms. The molecular formula is C22H31N5O. The summed E-state index contributed by atoms with van der Waals surface area (Å²) in [6, 6.07) is 6.40. The summed E-state index contributed by atoms with van der Waals surface area (Å²) in [5.74, 6) is 1.22. The maximum absolute atomic E-state index is 12.8. The van der Waals surface area contributed by atoms with Gasteiger partial charge < -0.3 is 15.1 Å². The van der Waals surface area contributed by atoms with Crippen molar-refractivity contribution in [2.75, 3.05) is 42.9 Å². The molecule has 28 heavy (non-hydrogen) atoms. The van der Waals surface area contributed by atoms with E-state index in [0.717, 1.165) is 26.1 Å². The van der Waals surface area contributed by atoms with Gasteiger partial charge in [-0.25, -0.2) is 9.97 Å². The Balaban J connectivity index is 1.55. The summed E-state index contributed by atoms with van der Waals surface area (Å²) in [6.07, 6.45) is 4.32. The summed E-state index contributed by atoms with van der Waals surface area (Å²) in [5.41, 5.74) is 4.44. The van der Waals surface area contributed by atoms with E-state index in [0.29, 0.717) is 30.5 Å². The van der Waals surface area contributed by atoms with Gasteiger partial charge in [0, 0.05) is 50.8 Å². The second-order valence-corrected chi connectivity index (χ2v) is 7.90. The van der Waals surface area contributed by atoms with Crippen LogP contribution in [0.1, 0.15) is 41.8 Å². The molecular weight excluding hydrogens is 350 g/mol. The predicted molar refractivity (Wildman–Crippen MR) is 114 cm³/mol. The fourth-order valence-corrected chi connectivity index (χ4v) is 3.41. The van der Waals surface area contributed by atoms with Gasteiger partial charge in [0.15, 0.2) is 0 Å². The van der Waals surface area contributed by atoms with Crippen molar-refractivity contribution in [3.8, 4) is 0 Å². The zero-order valence-electron chi connectivity index (χ0n) is 17.4. The van der Waals surface area contributed by atoms with Gasteiger partial charge in [0.2, 0.25) is 5.95 Å². The molecule has 0 unspecified atom stereocenters. The van der Waals surface area contributed by atoms with E-state index < -0.39 is 0 Å². The Morgan fingerprint density at radius 3 is 2.43 bits per heavy atom. The van der Waals surface area contributed by atoms with Gasteiger partial charge in [-0.1, -0.05) is 26.0 Å². The molecule has 1 N–H and O–H groups in total. The van der Waals surface area contributed by atoms with Crippen LogP contribution in [0.3, 0.4) is 0 Å². The van der Waals surface area contributed by atoms with Crippen molar-refractivity contribution in [3.63, 3.8) is 0 Å². The molecule has 6 nitrogen and oxygen atoms in total. The third-order valence-corrected chi connectivity index (χ3v) is 5.39. The van der Waals surface area contributed by atoms with Gasteiger partial charge in [0.1, 0.15) is 0 Å². The minimum atomic E-state index is 0.00865. The molecule has 1 amide bonds. The quantitative estimate of drug-likeness (QED) is 0.830. The van der Waals surface area contributed by atoms with Crippen molar-refractivity contribution in [1.82, 2.24) is 14.9 Å². The maximum atomic E-state index is 12.8. The van der Waals surface area contributed by atoms with Crippen molar-refractivity contribution in [2.24, 2.45) is 5.92 Å². The van der Waals surface area contributed by atoms with Crippen LogP contribution in [0.15, 0.2) is 30.6 Å². The van der Waals surface area contributed by atoms with E-state index in [9.17, 15) is 4.79 Å². The first-order valence-corrected chi connectivity index (χ1v) is 10.1. The smallest absolute Gasteiger partial charge is 0.257 e. The lowest BCUT2D eigenvalue weighted by atomic mass is 10.1. The normalized spacial score (nSPS) is 14.5. The standard InChI is InChI=1S/C22H31N5O/c1-16(2)8-9-23-22-24-14-19(15-25-22)21(28)27-12-10-26(11-13-27)20-7-5-6-17(3)18(20)4/h5-7,14-16H,8-13H2,1-4H3,(H,23,24,25). The molecule has 1 aliphatic heterocycles. The van der Waals surface area contributed by atoms with E-state index in [-0.39, 0.29) is 5.91 Å². The van der Waals surface area contributed by atoms with Gasteiger partial charge in [0.05, 0.1) is 5.56 Å². The van der Waals surface area contributed by atoms with Crippen LogP contribution in [0.25, 0.3) is 0 Å². The van der Waals surface area contributed by atoms with E-state index >= 15 is 0 Å². The first-order chi connectivity index (χ1) is 13.5. The molecule has 2 aromatic rings. The average molecular weight is 382 g/mol. The Morgan fingerprint density at radius 1 is 1.11 bits per heavy atom. The lowest BCUT2D eigenvalue weighted by molar-refractivity contribution is 0.0746. The number of carbonyl (C=O) groups excluding carboxylic acids is 1. The second kappa shape index (κ2) is 9.04. The molecule has 3 rings (SSSR count). The summed E-state index contributed by atoms with van der Waals surface area (Å²) in [5, 5.41) is 3.20. The lowest BCUT2D eigenvalue weighted by Gasteiger charge is -2.37. The van der Waals surface area contributed by atoms with Crippen LogP contribution in [-0.2, 0) is 0 Å². The SMILES string of the molecule is Cc1cccc(N2CCN(C(=O)c3cnc(NCCC(C)C)nc3)CC2)c1C. The van der Waals surface area contributed by atoms with Gasteiger partial charge in [-0.05, 0) is 43.4 Å². The molecule has 0 aliphatic carbocycles. The highest BCUT2D eigenvalue weighted by atomic mass is 16.2. The number of piperazine rings is 1. The monoisotopic (exact) mass is 381 g/mol. The van der Waals surface area contributed by atoms with Crippen molar-refractivity contribution in [1.29, 1.82) is 0 Å². The average Bonchev–Trinajstić information content (AvgIpc) is 2.70. The van der Waals surface area contributed by atoms with Crippen molar-refractivity contribution in [3.05, 3.63) is 47.3 Å². The van der Waals surface area contributed by atoms with Gasteiger partial charge in [0.25, 0.3) is 5.91 Å². The Bertz CT molecular complexity index is 795. The van der Waals surface area contributed by atoms with Gasteiger partial charge in [-0.3, -0.25) is 4.79 Å². The molecule has 1 fully saturated rings. The van der Waals surface area contributed by atoms with Crippen molar-refractivity contribution < 1.29 is 4.79 Å². The molecule has 1 aromatic heterocycles. The lowest BCUT2D eigenvalue weighted by Crippen LogP contribution is -2.49. The van der Waals surface area contributed by atoms with Crippen molar-refractivity contribution >= 4 is 17.5 Å². The third kappa shape index (κ3) is 4.80. The third-order valence-electron chi connectivity index (χ3n) is 5.39. The topological polar surface area (TPSA) is 61.4 Å². The van der Waals surface area contributed by atoms with Crippen LogP contribution < -0.4 is 10.2 Å². The van der Waals surface area contributed by atoms with Crippen LogP contribution >= 0.6 is 0 Å². The van der Waals surface area contributed by atoms with E-state index in [4.69, 9.17) is 0 Å². The predicted octanol–water partition coefficient (Wildman–Crippen LogP) is 3.51. The molecule has 1 aromatic carbocycles. The number of hydrogen-bond donors (Lipinski definition) is 1. The van der Waals surface area contributed by atoms with Crippen LogP contribution in [0.2, 0.25) is 0 Å². The number of rotatable bonds is 6. The van der Waals surface area contributed by atoms with E-state index in [2.05, 4.69) is 66.1 Å². The number of anilines is 2. The fourth-order valence-electron chi connectivity index (χ4n) is 3.41. The molecule has 0 spiro atoms. The van der Waals surface area contributed by atoms with Crippen LogP contribution in [0.5, 0.6) is 0 Å². The minimum absolute atomic E-state index is 0.00865. The Kier molecular flexibility index (Phi) is 6.49. The number of hydrogen-bond acceptors (Lipinski definition) is 5. The number of nitrogens with one attached hydrogen (secondary N) is 1. The highest BCUT2D eigenvalue weighted by Crippen LogP contribution is 2.24. The Hall–Kier alpha value is -2.63. The molecule has 1 aliphatic rings. The Morgan fingerprint density at radius 2 is 1.79 bits per heavy atom. The number of amides is 1. The Labute approximate surface area is 168 Å². The van der Waals surface area contributed by atoms with E-state index in [1.165, 1.54) is 16.8 Å². The summed E-state index contributed by atoms with van der Waals surface area (Å²) in [4.78, 5) is 25.6. The molecule has 6 heteroatoms. The summed E-state index contributed by atoms with van der Waals surface area (Å²) < 4.78 is 0. The number of benzene rings is 1. The van der Waals surface area contributed by atoms with E-state index in [1.54, 1.807) is 12.4 Å². The molecule has 1 saturated heterocycles. The van der Waals surface area contributed by atoms with Crippen LogP contribution in [-0.4, -0.2) is 53.5 Å². The van der Waals surface area contributed by atoms with Crippen LogP contribution in [0, 0.1) is 19.8 Å². The first kappa shape index (κ1) is 20.1. The zero-order chi connectivity index (χ0) is 20.1. The number of aryl methyl sites for hydroxylation is 1. The number of nitrogens with zero attached hydrogens (tertiary/aromatic N) is 4. The number of carbonyl (C=O) groups is 1. The summed E-state index contributed by atoms with van der Waals surface area (Å²) in [7, 11) is 0. The molecule has 0 saturated carbocycles. The highest BCUT2D eigenvalue weighted by Gasteiger charge is 2.23. The highest BCUT2D eigenvalue weighted by molar-refractivity contribution is 5.93. The zero-order valence-corrected chi connectivity index (χ0v) is 17.4. The number of aromatic nitrogens is 2. The second-order valence-electron chi connectivity index (χ2n) is 7.90. The minimum Gasteiger partial charge on any atom is -0.368 e. The molecule has 0 atom stereocenters. The molecule has 2 heterocycles. The van der Waals surface area contributed by atoms with Gasteiger partial charge in [-0.15, -0.1) is 0 Å². The largest absolute Gasteiger partial charge is 0.368 e. The van der Waals surface area contributed by atoms with Gasteiger partial charge >= 0.3 is 0 Å². The maximum Gasteiger partial charge on any atom is 0.257 e. The summed E-state index contributed by atoms with van der Waals surface area (Å²) >= 11 is 0. The van der Waals surface area contributed by atoms with E-state index in [1.807, 2.05) is 4.90 Å². The fraction of sp³-hybridized carbons (Fsp3) is 0.500. The molecule has 0 radical (unpaired) electrons. The molecule has 150 valence electrons. The van der Waals surface area contributed by atoms with Crippen molar-refractivity contribution in [2.45, 2.75) is 34.1 Å². The first-order valence-electron chi connectivity index (χ1n) is 10.1. The summed E-state index contributed by atoms with van der Waals surface area (Å²) in [6.45, 7) is 12.6. The van der Waals surface area contributed by atoms with Gasteiger partial charge in [-0.2, -0.15) is 0 Å².